The van der Waals surface area contributed by atoms with Crippen LogP contribution in [0.3, 0.4) is 0 Å². The molecule has 0 atom stereocenters. The van der Waals surface area contributed by atoms with E-state index < -0.39 is 9.84 Å². The van der Waals surface area contributed by atoms with E-state index in [1.54, 1.807) is 6.20 Å². The molecule has 0 aromatic rings. The molecule has 0 bridgehead atoms. The van der Waals surface area contributed by atoms with Gasteiger partial charge in [0.2, 0.25) is 0 Å². The van der Waals surface area contributed by atoms with E-state index in [1.807, 2.05) is 25.2 Å². The summed E-state index contributed by atoms with van der Waals surface area (Å²) >= 11 is 0. The molecule has 0 saturated heterocycles. The Balaban J connectivity index is 2.90. The van der Waals surface area contributed by atoms with Gasteiger partial charge in [-0.15, -0.1) is 0 Å². The van der Waals surface area contributed by atoms with Gasteiger partial charge in [0.1, 0.15) is 0 Å². The Morgan fingerprint density at radius 2 is 2.08 bits per heavy atom. The van der Waals surface area contributed by atoms with Gasteiger partial charge in [0.15, 0.2) is 9.84 Å². The summed E-state index contributed by atoms with van der Waals surface area (Å²) in [6.45, 7) is 1.86. The van der Waals surface area contributed by atoms with Crippen LogP contribution in [0.15, 0.2) is 35.7 Å². The van der Waals surface area contributed by atoms with Crippen LogP contribution < -0.4 is 5.32 Å². The van der Waals surface area contributed by atoms with Gasteiger partial charge in [-0.1, -0.05) is 12.2 Å². The molecule has 0 radical (unpaired) electrons. The smallest absolute Gasteiger partial charge is 0.151 e. The van der Waals surface area contributed by atoms with E-state index in [4.69, 9.17) is 0 Å². The first-order valence-corrected chi connectivity index (χ1v) is 6.02. The SMILES string of the molecule is CC1=C(CS(C)(=O)=O)C=CC=CN1. The van der Waals surface area contributed by atoms with Gasteiger partial charge in [-0.2, -0.15) is 0 Å². The van der Waals surface area contributed by atoms with Gasteiger partial charge >= 0.3 is 0 Å². The van der Waals surface area contributed by atoms with Crippen molar-refractivity contribution in [2.45, 2.75) is 6.92 Å². The topological polar surface area (TPSA) is 46.2 Å². The molecule has 0 amide bonds. The molecule has 0 aromatic heterocycles. The first-order chi connectivity index (χ1) is 5.99. The molecule has 0 fully saturated rings. The van der Waals surface area contributed by atoms with E-state index in [1.165, 1.54) is 6.26 Å². The van der Waals surface area contributed by atoms with E-state index in [0.29, 0.717) is 0 Å². The average molecular weight is 199 g/mol. The Morgan fingerprint density at radius 3 is 2.69 bits per heavy atom. The third-order valence-electron chi connectivity index (χ3n) is 1.70. The predicted molar refractivity (Wildman–Crippen MR) is 53.8 cm³/mol. The molecule has 4 heteroatoms. The van der Waals surface area contributed by atoms with Gasteiger partial charge in [0.05, 0.1) is 5.75 Å². The Bertz CT molecular complexity index is 374. The lowest BCUT2D eigenvalue weighted by molar-refractivity contribution is 0.604. The standard InChI is InChI=1S/C9H13NO2S/c1-8-9(7-13(2,11)12)5-3-4-6-10-8/h3-6,10H,7H2,1-2H3. The van der Waals surface area contributed by atoms with E-state index >= 15 is 0 Å². The molecule has 0 aromatic carbocycles. The summed E-state index contributed by atoms with van der Waals surface area (Å²) < 4.78 is 22.1. The maximum atomic E-state index is 11.0. The van der Waals surface area contributed by atoms with Crippen LogP contribution >= 0.6 is 0 Å². The maximum Gasteiger partial charge on any atom is 0.151 e. The van der Waals surface area contributed by atoms with Gasteiger partial charge in [0, 0.05) is 18.2 Å². The lowest BCUT2D eigenvalue weighted by Gasteiger charge is -2.05. The van der Waals surface area contributed by atoms with E-state index in [-0.39, 0.29) is 5.75 Å². The normalized spacial score (nSPS) is 17.1. The molecule has 72 valence electrons. The van der Waals surface area contributed by atoms with Crippen molar-refractivity contribution in [1.82, 2.24) is 5.32 Å². The fraction of sp³-hybridized carbons (Fsp3) is 0.333. The second-order valence-corrected chi connectivity index (χ2v) is 5.22. The fourth-order valence-corrected chi connectivity index (χ4v) is 1.93. The average Bonchev–Trinajstić information content (AvgIpc) is 2.14. The maximum absolute atomic E-state index is 11.0. The van der Waals surface area contributed by atoms with Crippen LogP contribution in [-0.4, -0.2) is 20.4 Å². The Kier molecular flexibility index (Phi) is 2.93. The number of nitrogens with one attached hydrogen (secondary N) is 1. The minimum Gasteiger partial charge on any atom is -0.365 e. The number of hydrogen-bond acceptors (Lipinski definition) is 3. The summed E-state index contributed by atoms with van der Waals surface area (Å²) in [5.41, 5.74) is 1.70. The van der Waals surface area contributed by atoms with Gasteiger partial charge in [-0.25, -0.2) is 8.42 Å². The molecule has 0 aliphatic carbocycles. The number of allylic oxidation sites excluding steroid dienone is 4. The highest BCUT2D eigenvalue weighted by Gasteiger charge is 2.08. The highest BCUT2D eigenvalue weighted by atomic mass is 32.2. The van der Waals surface area contributed by atoms with E-state index in [0.717, 1.165) is 11.3 Å². The van der Waals surface area contributed by atoms with Gasteiger partial charge in [-0.05, 0) is 18.6 Å². The van der Waals surface area contributed by atoms with Crippen molar-refractivity contribution in [3.8, 4) is 0 Å². The highest BCUT2D eigenvalue weighted by molar-refractivity contribution is 7.90. The fourth-order valence-electron chi connectivity index (χ4n) is 1.06. The quantitative estimate of drug-likeness (QED) is 0.721. The van der Waals surface area contributed by atoms with E-state index in [2.05, 4.69) is 5.32 Å². The summed E-state index contributed by atoms with van der Waals surface area (Å²) in [7, 11) is -2.95. The van der Waals surface area contributed by atoms with Crippen molar-refractivity contribution in [3.63, 3.8) is 0 Å². The van der Waals surface area contributed by atoms with Crippen molar-refractivity contribution >= 4 is 9.84 Å². The third kappa shape index (κ3) is 3.46. The Hall–Kier alpha value is -1.03. The van der Waals surface area contributed by atoms with Crippen LogP contribution in [0.1, 0.15) is 6.92 Å². The molecular weight excluding hydrogens is 186 g/mol. The van der Waals surface area contributed by atoms with Gasteiger partial charge < -0.3 is 5.32 Å². The first-order valence-electron chi connectivity index (χ1n) is 3.96. The van der Waals surface area contributed by atoms with Crippen LogP contribution in [-0.2, 0) is 9.84 Å². The molecule has 1 N–H and O–H groups in total. The molecule has 0 unspecified atom stereocenters. The van der Waals surface area contributed by atoms with Crippen LogP contribution in [0.2, 0.25) is 0 Å². The Labute approximate surface area is 78.8 Å². The van der Waals surface area contributed by atoms with Crippen molar-refractivity contribution < 1.29 is 8.42 Å². The zero-order valence-corrected chi connectivity index (χ0v) is 8.56. The van der Waals surface area contributed by atoms with Gasteiger partial charge in [-0.3, -0.25) is 0 Å². The van der Waals surface area contributed by atoms with Crippen molar-refractivity contribution in [2.24, 2.45) is 0 Å². The monoisotopic (exact) mass is 199 g/mol. The van der Waals surface area contributed by atoms with Crippen LogP contribution in [0.25, 0.3) is 0 Å². The summed E-state index contributed by atoms with van der Waals surface area (Å²) in [6.07, 6.45) is 8.48. The third-order valence-corrected chi connectivity index (χ3v) is 2.54. The second kappa shape index (κ2) is 3.79. The summed E-state index contributed by atoms with van der Waals surface area (Å²) in [6, 6.07) is 0. The largest absolute Gasteiger partial charge is 0.365 e. The molecule has 1 heterocycles. The molecule has 3 nitrogen and oxygen atoms in total. The molecule has 0 saturated carbocycles. The molecule has 0 spiro atoms. The number of sulfone groups is 1. The van der Waals surface area contributed by atoms with Crippen molar-refractivity contribution in [3.05, 3.63) is 35.7 Å². The van der Waals surface area contributed by atoms with Crippen molar-refractivity contribution in [2.75, 3.05) is 12.0 Å². The zero-order valence-electron chi connectivity index (χ0n) is 7.74. The van der Waals surface area contributed by atoms with Crippen LogP contribution in [0.4, 0.5) is 0 Å². The molecule has 1 rings (SSSR count). The Morgan fingerprint density at radius 1 is 1.38 bits per heavy atom. The summed E-state index contributed by atoms with van der Waals surface area (Å²) in [5, 5.41) is 2.99. The van der Waals surface area contributed by atoms with Crippen LogP contribution in [0, 0.1) is 0 Å². The zero-order chi connectivity index (χ0) is 9.90. The minimum absolute atomic E-state index is 0.0873. The second-order valence-electron chi connectivity index (χ2n) is 3.08. The lowest BCUT2D eigenvalue weighted by Crippen LogP contribution is -2.10. The first kappa shape index (κ1) is 10.1. The molecule has 1 aliphatic rings. The van der Waals surface area contributed by atoms with Gasteiger partial charge in [0.25, 0.3) is 0 Å². The van der Waals surface area contributed by atoms with Crippen LogP contribution in [0.5, 0.6) is 0 Å². The summed E-state index contributed by atoms with van der Waals surface area (Å²) in [5.74, 6) is 0.0873. The number of rotatable bonds is 2. The number of hydrogen-bond donors (Lipinski definition) is 1. The minimum atomic E-state index is -2.95. The highest BCUT2D eigenvalue weighted by Crippen LogP contribution is 2.08. The predicted octanol–water partition coefficient (Wildman–Crippen LogP) is 0.978. The molecular formula is C9H13NO2S. The molecule has 13 heavy (non-hydrogen) atoms. The van der Waals surface area contributed by atoms with E-state index in [9.17, 15) is 8.42 Å². The van der Waals surface area contributed by atoms with Crippen molar-refractivity contribution in [1.29, 1.82) is 0 Å². The lowest BCUT2D eigenvalue weighted by atomic mass is 10.2. The summed E-state index contributed by atoms with van der Waals surface area (Å²) in [4.78, 5) is 0. The molecule has 1 aliphatic heterocycles.